The average Bonchev–Trinajstić information content (AvgIpc) is 2.66. The van der Waals surface area contributed by atoms with Gasteiger partial charge in [-0.25, -0.2) is 19.8 Å². The molecule has 0 bridgehead atoms. The number of piperazine rings is 1. The van der Waals surface area contributed by atoms with Crippen molar-refractivity contribution in [1.29, 1.82) is 0 Å². The van der Waals surface area contributed by atoms with E-state index in [-0.39, 0.29) is 28.7 Å². The van der Waals surface area contributed by atoms with Gasteiger partial charge in [-0.05, 0) is 45.0 Å². The van der Waals surface area contributed by atoms with Crippen molar-refractivity contribution in [3.63, 3.8) is 0 Å². The number of nitro groups is 1. The number of nitrogens with one attached hydrogen (secondary N) is 2. The second-order valence-electron chi connectivity index (χ2n) is 7.60. The van der Waals surface area contributed by atoms with Crippen LogP contribution < -0.4 is 20.7 Å². The fourth-order valence-electron chi connectivity index (χ4n) is 2.94. The van der Waals surface area contributed by atoms with Gasteiger partial charge in [0.05, 0.1) is 4.92 Å². The molecule has 2 aromatic rings. The summed E-state index contributed by atoms with van der Waals surface area (Å²) in [6.07, 6.45) is 1.32. The molecule has 0 atom stereocenters. The summed E-state index contributed by atoms with van der Waals surface area (Å²) in [4.78, 5) is 23.4. The van der Waals surface area contributed by atoms with Crippen molar-refractivity contribution in [1.82, 2.24) is 15.4 Å². The quantitative estimate of drug-likeness (QED) is 0.595. The van der Waals surface area contributed by atoms with Gasteiger partial charge >= 0.3 is 5.69 Å². The molecule has 10 heteroatoms. The topological polar surface area (TPSA) is 99.5 Å². The van der Waals surface area contributed by atoms with E-state index in [1.54, 1.807) is 12.1 Å². The normalized spacial score (nSPS) is 14.9. The largest absolute Gasteiger partial charge is 0.368 e. The van der Waals surface area contributed by atoms with Crippen molar-refractivity contribution in [3.05, 3.63) is 46.5 Å². The number of aromatic nitrogens is 2. The van der Waals surface area contributed by atoms with Gasteiger partial charge in [0.25, 0.3) is 0 Å². The van der Waals surface area contributed by atoms with Crippen molar-refractivity contribution in [2.75, 3.05) is 41.4 Å². The van der Waals surface area contributed by atoms with E-state index in [2.05, 4.69) is 25.7 Å². The lowest BCUT2D eigenvalue weighted by Crippen LogP contribution is -2.47. The molecule has 2 N–H and O–H groups in total. The minimum atomic E-state index is -0.464. The van der Waals surface area contributed by atoms with E-state index >= 15 is 0 Å². The fourth-order valence-corrected chi connectivity index (χ4v) is 2.94. The number of benzene rings is 1. The fraction of sp³-hybridized carbons (Fsp3) is 0.444. The van der Waals surface area contributed by atoms with Crippen LogP contribution in [-0.4, -0.2) is 46.6 Å². The second kappa shape index (κ2) is 7.93. The summed E-state index contributed by atoms with van der Waals surface area (Å²) >= 11 is 0. The number of hydrogen-bond donors (Lipinski definition) is 2. The van der Waals surface area contributed by atoms with Crippen LogP contribution in [0.1, 0.15) is 20.8 Å². The van der Waals surface area contributed by atoms with Crippen molar-refractivity contribution in [3.8, 4) is 0 Å². The van der Waals surface area contributed by atoms with Gasteiger partial charge in [-0.2, -0.15) is 0 Å². The molecule has 1 aromatic heterocycles. The standard InChI is InChI=1S/C18H24FN7O2/c1-18(2,3)23-22-16-15(26(27)28)17(21-12-20-16)25-10-8-24(9-11-25)14-6-4-13(19)5-7-14/h4-7,12,23H,8-11H2,1-3H3,(H,20,21,22). The summed E-state index contributed by atoms with van der Waals surface area (Å²) in [6, 6.07) is 6.32. The molecule has 1 aromatic carbocycles. The maximum atomic E-state index is 13.1. The molecule has 0 amide bonds. The Morgan fingerprint density at radius 2 is 1.68 bits per heavy atom. The highest BCUT2D eigenvalue weighted by Gasteiger charge is 2.29. The monoisotopic (exact) mass is 389 g/mol. The second-order valence-corrected chi connectivity index (χ2v) is 7.60. The van der Waals surface area contributed by atoms with Crippen LogP contribution >= 0.6 is 0 Å². The third-order valence-corrected chi connectivity index (χ3v) is 4.31. The highest BCUT2D eigenvalue weighted by atomic mass is 19.1. The van der Waals surface area contributed by atoms with Crippen molar-refractivity contribution in [2.24, 2.45) is 0 Å². The number of nitrogens with zero attached hydrogens (tertiary/aromatic N) is 5. The zero-order chi connectivity index (χ0) is 20.3. The van der Waals surface area contributed by atoms with Crippen molar-refractivity contribution < 1.29 is 9.31 Å². The summed E-state index contributed by atoms with van der Waals surface area (Å²) in [6.45, 7) is 8.21. The lowest BCUT2D eigenvalue weighted by molar-refractivity contribution is -0.383. The van der Waals surface area contributed by atoms with Crippen LogP contribution in [0.5, 0.6) is 0 Å². The first-order valence-electron chi connectivity index (χ1n) is 9.02. The Morgan fingerprint density at radius 1 is 1.07 bits per heavy atom. The van der Waals surface area contributed by atoms with Crippen molar-refractivity contribution >= 4 is 23.0 Å². The molecule has 150 valence electrons. The van der Waals surface area contributed by atoms with Gasteiger partial charge < -0.3 is 9.80 Å². The Labute approximate surface area is 162 Å². The average molecular weight is 389 g/mol. The van der Waals surface area contributed by atoms with Crippen LogP contribution in [-0.2, 0) is 0 Å². The Bertz CT molecular complexity index is 831. The summed E-state index contributed by atoms with van der Waals surface area (Å²) < 4.78 is 13.1. The van der Waals surface area contributed by atoms with Gasteiger partial charge in [-0.1, -0.05) is 0 Å². The summed E-state index contributed by atoms with van der Waals surface area (Å²) in [5.41, 5.74) is 6.31. The molecule has 28 heavy (non-hydrogen) atoms. The number of rotatable bonds is 5. The molecule has 0 radical (unpaired) electrons. The Balaban J connectivity index is 1.76. The van der Waals surface area contributed by atoms with E-state index in [4.69, 9.17) is 0 Å². The minimum Gasteiger partial charge on any atom is -0.368 e. The zero-order valence-corrected chi connectivity index (χ0v) is 16.1. The Morgan fingerprint density at radius 3 is 2.25 bits per heavy atom. The van der Waals surface area contributed by atoms with Gasteiger partial charge in [0.1, 0.15) is 12.1 Å². The van der Waals surface area contributed by atoms with Gasteiger partial charge in [0.15, 0.2) is 0 Å². The number of halogens is 1. The van der Waals surface area contributed by atoms with Gasteiger partial charge in [0.2, 0.25) is 11.6 Å². The Kier molecular flexibility index (Phi) is 5.59. The minimum absolute atomic E-state index is 0.130. The molecule has 9 nitrogen and oxygen atoms in total. The molecule has 0 spiro atoms. The molecular weight excluding hydrogens is 365 g/mol. The SMILES string of the molecule is CC(C)(C)NNc1ncnc(N2CCN(c3ccc(F)cc3)CC2)c1[N+](=O)[O-]. The highest BCUT2D eigenvalue weighted by Crippen LogP contribution is 2.32. The number of hydrogen-bond acceptors (Lipinski definition) is 8. The predicted octanol–water partition coefficient (Wildman–Crippen LogP) is 2.57. The molecule has 1 fully saturated rings. The van der Waals surface area contributed by atoms with Gasteiger partial charge in [-0.15, -0.1) is 0 Å². The smallest absolute Gasteiger partial charge is 0.354 e. The predicted molar refractivity (Wildman–Crippen MR) is 106 cm³/mol. The zero-order valence-electron chi connectivity index (χ0n) is 16.1. The number of anilines is 3. The van der Waals surface area contributed by atoms with E-state index in [0.29, 0.717) is 26.2 Å². The molecule has 0 aliphatic carbocycles. The molecule has 0 unspecified atom stereocenters. The van der Waals surface area contributed by atoms with E-state index in [0.717, 1.165) is 5.69 Å². The lowest BCUT2D eigenvalue weighted by atomic mass is 10.1. The summed E-state index contributed by atoms with van der Waals surface area (Å²) in [5.74, 6) is 0.144. The maximum Gasteiger partial charge on any atom is 0.354 e. The van der Waals surface area contributed by atoms with Crippen LogP contribution in [0, 0.1) is 15.9 Å². The number of hydrazine groups is 1. The first-order chi connectivity index (χ1) is 13.2. The molecule has 0 saturated carbocycles. The molecule has 2 heterocycles. The lowest BCUT2D eigenvalue weighted by Gasteiger charge is -2.36. The summed E-state index contributed by atoms with van der Waals surface area (Å²) in [7, 11) is 0. The Hall–Kier alpha value is -3.01. The summed E-state index contributed by atoms with van der Waals surface area (Å²) in [5, 5.41) is 11.7. The van der Waals surface area contributed by atoms with Crippen LogP contribution in [0.2, 0.25) is 0 Å². The van der Waals surface area contributed by atoms with Crippen LogP contribution in [0.25, 0.3) is 0 Å². The highest BCUT2D eigenvalue weighted by molar-refractivity contribution is 5.70. The molecule has 3 rings (SSSR count). The van der Waals surface area contributed by atoms with Crippen LogP contribution in [0.4, 0.5) is 27.4 Å². The van der Waals surface area contributed by atoms with Gasteiger partial charge in [-0.3, -0.25) is 15.5 Å². The third-order valence-electron chi connectivity index (χ3n) is 4.31. The maximum absolute atomic E-state index is 13.1. The van der Waals surface area contributed by atoms with E-state index in [1.807, 2.05) is 25.7 Å². The van der Waals surface area contributed by atoms with Gasteiger partial charge in [0, 0.05) is 37.4 Å². The molecule has 1 aliphatic rings. The van der Waals surface area contributed by atoms with E-state index in [9.17, 15) is 14.5 Å². The van der Waals surface area contributed by atoms with Crippen molar-refractivity contribution in [2.45, 2.75) is 26.3 Å². The van der Waals surface area contributed by atoms with E-state index < -0.39 is 4.92 Å². The molecule has 1 aliphatic heterocycles. The van der Waals surface area contributed by atoms with Crippen LogP contribution in [0.15, 0.2) is 30.6 Å². The molecular formula is C18H24FN7O2. The third kappa shape index (κ3) is 4.63. The first kappa shape index (κ1) is 19.7. The first-order valence-corrected chi connectivity index (χ1v) is 9.02. The van der Waals surface area contributed by atoms with Crippen LogP contribution in [0.3, 0.4) is 0 Å². The van der Waals surface area contributed by atoms with E-state index in [1.165, 1.54) is 18.5 Å². The molecule has 1 saturated heterocycles.